The number of carbonyl (C=O) groups is 1. The second-order valence-corrected chi connectivity index (χ2v) is 9.31. The monoisotopic (exact) mass is 415 g/mol. The Bertz CT molecular complexity index is 864. The van der Waals surface area contributed by atoms with Crippen LogP contribution in [0.4, 0.5) is 0 Å². The first kappa shape index (κ1) is 21.9. The van der Waals surface area contributed by atoms with Crippen LogP contribution in [0.15, 0.2) is 41.3 Å². The van der Waals surface area contributed by atoms with Gasteiger partial charge >= 0.3 is 0 Å². The minimum Gasteiger partial charge on any atom is -0.349 e. The van der Waals surface area contributed by atoms with Crippen molar-refractivity contribution in [2.45, 2.75) is 63.4 Å². The molecule has 1 fully saturated rings. The predicted molar refractivity (Wildman–Crippen MR) is 120 cm³/mol. The number of carbonyl (C=O) groups excluding carboxylic acids is 1. The minimum absolute atomic E-state index is 0.0692. The summed E-state index contributed by atoms with van der Waals surface area (Å²) in [4.78, 5) is 13.7. The topological polar surface area (TPSA) is 70.2 Å². The van der Waals surface area contributed by atoms with Crippen LogP contribution in [0.25, 0.3) is 10.8 Å². The lowest BCUT2D eigenvalue weighted by atomic mass is 9.97. The molecule has 3 rings (SSSR count). The van der Waals surface area contributed by atoms with E-state index in [9.17, 15) is 9.00 Å². The summed E-state index contributed by atoms with van der Waals surface area (Å²) in [7, 11) is -1.31. The number of hydrogen-bond acceptors (Lipinski definition) is 3. The van der Waals surface area contributed by atoms with Crippen molar-refractivity contribution in [1.29, 1.82) is 0 Å². The molecule has 0 aromatic heterocycles. The van der Waals surface area contributed by atoms with Gasteiger partial charge in [0.15, 0.2) is 0 Å². The summed E-state index contributed by atoms with van der Waals surface area (Å²) in [5.41, 5.74) is 0.638. The van der Waals surface area contributed by atoms with E-state index in [1.165, 1.54) is 0 Å². The number of nitrogens with one attached hydrogen (secondary N) is 3. The van der Waals surface area contributed by atoms with E-state index in [-0.39, 0.29) is 18.0 Å². The normalized spacial score (nSPS) is 18.3. The first-order valence-corrected chi connectivity index (χ1v) is 11.9. The summed E-state index contributed by atoms with van der Waals surface area (Å²) in [6.45, 7) is 8.29. The molecule has 29 heavy (non-hydrogen) atoms. The number of fused-ring (bicyclic) bond motifs is 1. The van der Waals surface area contributed by atoms with Crippen LogP contribution in [0.3, 0.4) is 0 Å². The van der Waals surface area contributed by atoms with Gasteiger partial charge in [-0.1, -0.05) is 44.5 Å². The molecule has 2 aromatic carbocycles. The third kappa shape index (κ3) is 5.44. The van der Waals surface area contributed by atoms with Crippen molar-refractivity contribution in [3.05, 3.63) is 42.0 Å². The van der Waals surface area contributed by atoms with Crippen molar-refractivity contribution in [3.63, 3.8) is 0 Å². The largest absolute Gasteiger partial charge is 0.349 e. The Morgan fingerprint density at radius 3 is 2.55 bits per heavy atom. The number of benzene rings is 2. The van der Waals surface area contributed by atoms with Crippen molar-refractivity contribution < 1.29 is 9.00 Å². The quantitative estimate of drug-likeness (QED) is 0.615. The van der Waals surface area contributed by atoms with E-state index in [1.807, 2.05) is 36.4 Å². The lowest BCUT2D eigenvalue weighted by Gasteiger charge is -2.23. The molecule has 0 aliphatic carbocycles. The van der Waals surface area contributed by atoms with Gasteiger partial charge in [-0.15, -0.1) is 0 Å². The highest BCUT2D eigenvalue weighted by atomic mass is 32.2. The molecule has 3 unspecified atom stereocenters. The molecule has 1 aliphatic rings. The molecule has 1 heterocycles. The summed E-state index contributed by atoms with van der Waals surface area (Å²) in [6.07, 6.45) is 4.13. The number of rotatable bonds is 8. The van der Waals surface area contributed by atoms with E-state index in [0.29, 0.717) is 11.5 Å². The van der Waals surface area contributed by atoms with Crippen LogP contribution in [-0.4, -0.2) is 35.3 Å². The smallest absolute Gasteiger partial charge is 0.252 e. The molecule has 3 N–H and O–H groups in total. The fourth-order valence-corrected chi connectivity index (χ4v) is 5.17. The standard InChI is InChI=1S/C23H33N3O2S/c1-4-7-16(2)17(3)25-23(27)21-10-5-9-20-19(21)8-6-11-22(20)29(28)26-18-12-14-24-15-13-18/h5-6,8-11,16-18,24,26H,4,7,12-15H2,1-3H3,(H,25,27). The van der Waals surface area contributed by atoms with Gasteiger partial charge in [0.1, 0.15) is 11.0 Å². The first-order chi connectivity index (χ1) is 14.0. The maximum Gasteiger partial charge on any atom is 0.252 e. The molecule has 3 atom stereocenters. The first-order valence-electron chi connectivity index (χ1n) is 10.7. The lowest BCUT2D eigenvalue weighted by molar-refractivity contribution is 0.0929. The molecular weight excluding hydrogens is 382 g/mol. The highest BCUT2D eigenvalue weighted by molar-refractivity contribution is 7.83. The second kappa shape index (κ2) is 10.3. The van der Waals surface area contributed by atoms with E-state index >= 15 is 0 Å². The highest BCUT2D eigenvalue weighted by Crippen LogP contribution is 2.25. The van der Waals surface area contributed by atoms with Crippen molar-refractivity contribution in [2.75, 3.05) is 13.1 Å². The molecule has 0 saturated carbocycles. The molecule has 158 valence electrons. The van der Waals surface area contributed by atoms with E-state index in [1.54, 1.807) is 0 Å². The molecule has 1 aliphatic heterocycles. The number of hydrogen-bond donors (Lipinski definition) is 3. The summed E-state index contributed by atoms with van der Waals surface area (Å²) in [5, 5.41) is 8.19. The Labute approximate surface area is 176 Å². The SMILES string of the molecule is CCCC(C)C(C)NC(=O)c1cccc2c(S(=O)NC3CCNCC3)cccc12. The van der Waals surface area contributed by atoms with Crippen LogP contribution >= 0.6 is 0 Å². The Balaban J connectivity index is 1.82. The van der Waals surface area contributed by atoms with Gasteiger partial charge < -0.3 is 10.6 Å². The van der Waals surface area contributed by atoms with Crippen LogP contribution < -0.4 is 15.4 Å². The van der Waals surface area contributed by atoms with Crippen molar-refractivity contribution in [3.8, 4) is 0 Å². The molecule has 0 radical (unpaired) electrons. The summed E-state index contributed by atoms with van der Waals surface area (Å²) < 4.78 is 16.3. The van der Waals surface area contributed by atoms with Gasteiger partial charge in [0.05, 0.1) is 4.90 Å². The van der Waals surface area contributed by atoms with E-state index in [2.05, 4.69) is 36.1 Å². The Hall–Kier alpha value is -1.76. The fraction of sp³-hybridized carbons (Fsp3) is 0.522. The Morgan fingerprint density at radius 1 is 1.14 bits per heavy atom. The Morgan fingerprint density at radius 2 is 1.83 bits per heavy atom. The maximum atomic E-state index is 13.0. The molecule has 1 amide bonds. The number of piperidine rings is 1. The minimum atomic E-state index is -1.31. The summed E-state index contributed by atoms with van der Waals surface area (Å²) >= 11 is 0. The van der Waals surface area contributed by atoms with Gasteiger partial charge in [-0.25, -0.2) is 8.93 Å². The van der Waals surface area contributed by atoms with Crippen molar-refractivity contribution in [2.24, 2.45) is 5.92 Å². The van der Waals surface area contributed by atoms with Gasteiger partial charge in [0.2, 0.25) is 0 Å². The van der Waals surface area contributed by atoms with Gasteiger partial charge in [0, 0.05) is 17.6 Å². The van der Waals surface area contributed by atoms with E-state index in [0.717, 1.165) is 54.4 Å². The number of amides is 1. The van der Waals surface area contributed by atoms with Gasteiger partial charge in [-0.3, -0.25) is 4.79 Å². The Kier molecular flexibility index (Phi) is 7.81. The van der Waals surface area contributed by atoms with Crippen molar-refractivity contribution >= 4 is 27.7 Å². The van der Waals surface area contributed by atoms with Crippen LogP contribution in [0.1, 0.15) is 56.8 Å². The zero-order valence-corrected chi connectivity index (χ0v) is 18.5. The fourth-order valence-electron chi connectivity index (χ4n) is 3.93. The van der Waals surface area contributed by atoms with Gasteiger partial charge in [-0.2, -0.15) is 0 Å². The molecular formula is C23H33N3O2S. The zero-order valence-electron chi connectivity index (χ0n) is 17.7. The molecule has 0 spiro atoms. The van der Waals surface area contributed by atoms with Crippen LogP contribution in [0, 0.1) is 5.92 Å². The summed E-state index contributed by atoms with van der Waals surface area (Å²) in [6, 6.07) is 11.8. The van der Waals surface area contributed by atoms with Crippen LogP contribution in [0.5, 0.6) is 0 Å². The summed E-state index contributed by atoms with van der Waals surface area (Å²) in [5.74, 6) is 0.358. The van der Waals surface area contributed by atoms with E-state index < -0.39 is 11.0 Å². The van der Waals surface area contributed by atoms with E-state index in [4.69, 9.17) is 0 Å². The molecule has 2 aromatic rings. The van der Waals surface area contributed by atoms with Crippen LogP contribution in [0.2, 0.25) is 0 Å². The second-order valence-electron chi connectivity index (χ2n) is 8.10. The van der Waals surface area contributed by atoms with Crippen molar-refractivity contribution in [1.82, 2.24) is 15.4 Å². The average Bonchev–Trinajstić information content (AvgIpc) is 2.73. The van der Waals surface area contributed by atoms with Gasteiger partial charge in [-0.05, 0) is 68.1 Å². The zero-order chi connectivity index (χ0) is 20.8. The molecule has 1 saturated heterocycles. The third-order valence-electron chi connectivity index (χ3n) is 5.90. The van der Waals surface area contributed by atoms with Crippen LogP contribution in [-0.2, 0) is 11.0 Å². The maximum absolute atomic E-state index is 13.0. The average molecular weight is 416 g/mol. The third-order valence-corrected chi connectivity index (χ3v) is 7.20. The predicted octanol–water partition coefficient (Wildman–Crippen LogP) is 3.76. The molecule has 5 nitrogen and oxygen atoms in total. The van der Waals surface area contributed by atoms with Gasteiger partial charge in [0.25, 0.3) is 5.91 Å². The molecule has 6 heteroatoms. The highest BCUT2D eigenvalue weighted by Gasteiger charge is 2.20. The lowest BCUT2D eigenvalue weighted by Crippen LogP contribution is -2.40. The molecule has 0 bridgehead atoms.